The van der Waals surface area contributed by atoms with Gasteiger partial charge in [0, 0.05) is 24.2 Å². The van der Waals surface area contributed by atoms with Gasteiger partial charge in [0.1, 0.15) is 5.70 Å². The van der Waals surface area contributed by atoms with E-state index in [-0.39, 0.29) is 23.2 Å². The molecule has 0 aromatic heterocycles. The molecule has 1 unspecified atom stereocenters. The van der Waals surface area contributed by atoms with Gasteiger partial charge in [-0.05, 0) is 49.1 Å². The Bertz CT molecular complexity index is 1220. The van der Waals surface area contributed by atoms with E-state index in [1.807, 2.05) is 24.3 Å². The van der Waals surface area contributed by atoms with E-state index in [1.54, 1.807) is 40.4 Å². The zero-order chi connectivity index (χ0) is 24.5. The van der Waals surface area contributed by atoms with E-state index in [2.05, 4.69) is 0 Å². The molecule has 1 fully saturated rings. The van der Waals surface area contributed by atoms with E-state index >= 15 is 0 Å². The Balaban J connectivity index is 1.64. The van der Waals surface area contributed by atoms with Crippen molar-refractivity contribution in [1.29, 1.82) is 0 Å². The first-order chi connectivity index (χ1) is 16.2. The van der Waals surface area contributed by atoms with Crippen LogP contribution in [0, 0.1) is 0 Å². The summed E-state index contributed by atoms with van der Waals surface area (Å²) < 4.78 is 33.8. The van der Waals surface area contributed by atoms with Crippen LogP contribution < -0.4 is 0 Å². The van der Waals surface area contributed by atoms with E-state index in [0.717, 1.165) is 11.6 Å². The molecule has 0 saturated carbocycles. The third-order valence-corrected chi connectivity index (χ3v) is 8.36. The summed E-state index contributed by atoms with van der Waals surface area (Å²) in [6.45, 7) is 2.41. The van der Waals surface area contributed by atoms with Gasteiger partial charge in [-0.25, -0.2) is 18.0 Å². The van der Waals surface area contributed by atoms with Crippen molar-refractivity contribution in [2.24, 2.45) is 0 Å². The first-order valence-electron chi connectivity index (χ1n) is 11.0. The number of carbonyl (C=O) groups is 2. The predicted octanol–water partition coefficient (Wildman–Crippen LogP) is 3.43. The highest BCUT2D eigenvalue weighted by Gasteiger charge is 2.47. The molecule has 0 amide bonds. The zero-order valence-electron chi connectivity index (χ0n) is 18.6. The fraction of sp³-hybridized carbons (Fsp3) is 0.333. The lowest BCUT2D eigenvalue weighted by molar-refractivity contribution is -0.141. The van der Waals surface area contributed by atoms with Gasteiger partial charge in [-0.2, -0.15) is 4.31 Å². The maximum Gasteiger partial charge on any atom is 0.354 e. The van der Waals surface area contributed by atoms with Crippen molar-refractivity contribution in [3.05, 3.63) is 76.5 Å². The summed E-state index contributed by atoms with van der Waals surface area (Å²) in [5.41, 5.74) is 1.50. The SMILES string of the molecule is CCOC(=O)/C(=C\C(=O)O)N1CCC(N2C(c3ccc(Cl)cc3)c3ccccc3S2(=O)=O)CC1. The Morgan fingerprint density at radius 1 is 1.12 bits per heavy atom. The number of halogens is 1. The normalized spacial score (nSPS) is 20.7. The molecule has 2 aliphatic heterocycles. The molecule has 2 aromatic rings. The van der Waals surface area contributed by atoms with Crippen LogP contribution in [0.15, 0.2) is 65.2 Å². The number of piperidine rings is 1. The van der Waals surface area contributed by atoms with Crippen molar-refractivity contribution in [2.45, 2.75) is 36.7 Å². The molecule has 0 radical (unpaired) electrons. The number of benzene rings is 2. The highest BCUT2D eigenvalue weighted by atomic mass is 35.5. The van der Waals surface area contributed by atoms with Crippen LogP contribution in [0.2, 0.25) is 5.02 Å². The van der Waals surface area contributed by atoms with Crippen LogP contribution in [0.1, 0.15) is 36.9 Å². The summed E-state index contributed by atoms with van der Waals surface area (Å²) in [5.74, 6) is -1.95. The Morgan fingerprint density at radius 2 is 1.76 bits per heavy atom. The Morgan fingerprint density at radius 3 is 2.38 bits per heavy atom. The number of fused-ring (bicyclic) bond motifs is 1. The van der Waals surface area contributed by atoms with Gasteiger partial charge < -0.3 is 14.7 Å². The smallest absolute Gasteiger partial charge is 0.354 e. The second kappa shape index (κ2) is 9.77. The third kappa shape index (κ3) is 4.55. The molecule has 34 heavy (non-hydrogen) atoms. The van der Waals surface area contributed by atoms with Crippen molar-refractivity contribution in [1.82, 2.24) is 9.21 Å². The molecule has 0 aliphatic carbocycles. The van der Waals surface area contributed by atoms with Crippen molar-refractivity contribution >= 4 is 33.6 Å². The minimum absolute atomic E-state index is 0.0328. The molecule has 4 rings (SSSR count). The number of hydrogen-bond donors (Lipinski definition) is 1. The van der Waals surface area contributed by atoms with Crippen LogP contribution in [0.25, 0.3) is 0 Å². The molecular formula is C24H25ClN2O6S. The Hall–Kier alpha value is -2.88. The molecule has 1 atom stereocenters. The van der Waals surface area contributed by atoms with Crippen LogP contribution in [-0.2, 0) is 24.3 Å². The Labute approximate surface area is 203 Å². The summed E-state index contributed by atoms with van der Waals surface area (Å²) in [6.07, 6.45) is 1.69. The summed E-state index contributed by atoms with van der Waals surface area (Å²) in [5, 5.41) is 9.76. The monoisotopic (exact) mass is 504 g/mol. The fourth-order valence-electron chi connectivity index (χ4n) is 4.67. The van der Waals surface area contributed by atoms with Gasteiger partial charge >= 0.3 is 11.9 Å². The molecule has 2 aliphatic rings. The van der Waals surface area contributed by atoms with Crippen molar-refractivity contribution in [3.8, 4) is 0 Å². The van der Waals surface area contributed by atoms with E-state index < -0.39 is 28.0 Å². The number of rotatable bonds is 6. The summed E-state index contributed by atoms with van der Waals surface area (Å²) >= 11 is 6.07. The maximum atomic E-state index is 13.6. The highest BCUT2D eigenvalue weighted by Crippen LogP contribution is 2.46. The van der Waals surface area contributed by atoms with Crippen molar-refractivity contribution in [2.75, 3.05) is 19.7 Å². The van der Waals surface area contributed by atoms with Crippen LogP contribution in [0.4, 0.5) is 0 Å². The number of ether oxygens (including phenoxy) is 1. The largest absolute Gasteiger partial charge is 0.478 e. The van der Waals surface area contributed by atoms with Crippen LogP contribution in [0.3, 0.4) is 0 Å². The molecule has 8 nitrogen and oxygen atoms in total. The number of likely N-dealkylation sites (tertiary alicyclic amines) is 1. The minimum Gasteiger partial charge on any atom is -0.478 e. The highest BCUT2D eigenvalue weighted by molar-refractivity contribution is 7.89. The van der Waals surface area contributed by atoms with E-state index in [9.17, 15) is 23.1 Å². The number of aliphatic carboxylic acids is 1. The maximum absolute atomic E-state index is 13.6. The molecular weight excluding hydrogens is 480 g/mol. The molecule has 180 valence electrons. The summed E-state index contributed by atoms with van der Waals surface area (Å²) in [4.78, 5) is 25.5. The molecule has 2 heterocycles. The van der Waals surface area contributed by atoms with Gasteiger partial charge in [-0.1, -0.05) is 41.9 Å². The molecule has 1 saturated heterocycles. The molecule has 1 N–H and O–H groups in total. The van der Waals surface area contributed by atoms with E-state index in [0.29, 0.717) is 36.5 Å². The number of carbonyl (C=O) groups excluding carboxylic acids is 1. The molecule has 10 heteroatoms. The average Bonchev–Trinajstić information content (AvgIpc) is 3.05. The zero-order valence-corrected chi connectivity index (χ0v) is 20.1. The van der Waals surface area contributed by atoms with Gasteiger partial charge in [0.25, 0.3) is 0 Å². The first-order valence-corrected chi connectivity index (χ1v) is 12.8. The van der Waals surface area contributed by atoms with Gasteiger partial charge in [-0.3, -0.25) is 0 Å². The minimum atomic E-state index is -3.75. The lowest BCUT2D eigenvalue weighted by Crippen LogP contribution is -2.47. The van der Waals surface area contributed by atoms with Crippen molar-refractivity contribution in [3.63, 3.8) is 0 Å². The summed E-state index contributed by atoms with van der Waals surface area (Å²) in [7, 11) is -3.75. The number of carboxylic acid groups (broad SMARTS) is 1. The molecule has 2 aromatic carbocycles. The Kier molecular flexibility index (Phi) is 6.97. The van der Waals surface area contributed by atoms with E-state index in [4.69, 9.17) is 16.3 Å². The number of nitrogens with zero attached hydrogens (tertiary/aromatic N) is 2. The van der Waals surface area contributed by atoms with Gasteiger partial charge in [-0.15, -0.1) is 0 Å². The third-order valence-electron chi connectivity index (χ3n) is 6.12. The van der Waals surface area contributed by atoms with Crippen LogP contribution >= 0.6 is 11.6 Å². The standard InChI is InChI=1S/C24H25ClN2O6S/c1-2-33-24(30)20(15-22(28)29)26-13-11-18(12-14-26)27-23(16-7-9-17(25)10-8-16)19-5-3-4-6-21(19)34(27,31)32/h3-10,15,18,23H,2,11-14H2,1H3,(H,28,29)/b20-15+. The first kappa shape index (κ1) is 24.3. The predicted molar refractivity (Wildman–Crippen MR) is 126 cm³/mol. The lowest BCUT2D eigenvalue weighted by Gasteiger charge is -2.39. The number of sulfonamides is 1. The quantitative estimate of drug-likeness (QED) is 0.474. The average molecular weight is 505 g/mol. The fourth-order valence-corrected chi connectivity index (χ4v) is 6.87. The van der Waals surface area contributed by atoms with Gasteiger partial charge in [0.2, 0.25) is 10.0 Å². The summed E-state index contributed by atoms with van der Waals surface area (Å²) in [6, 6.07) is 13.3. The lowest BCUT2D eigenvalue weighted by atomic mass is 9.95. The number of esters is 1. The van der Waals surface area contributed by atoms with Crippen LogP contribution in [0.5, 0.6) is 0 Å². The van der Waals surface area contributed by atoms with E-state index in [1.165, 1.54) is 0 Å². The molecule has 0 bridgehead atoms. The number of hydrogen-bond acceptors (Lipinski definition) is 6. The van der Waals surface area contributed by atoms with Crippen molar-refractivity contribution < 1.29 is 27.9 Å². The second-order valence-corrected chi connectivity index (χ2v) is 10.4. The second-order valence-electron chi connectivity index (χ2n) is 8.13. The number of carboxylic acids is 1. The molecule has 0 spiro atoms. The topological polar surface area (TPSA) is 104 Å². The van der Waals surface area contributed by atoms with Gasteiger partial charge in [0.15, 0.2) is 0 Å². The van der Waals surface area contributed by atoms with Crippen LogP contribution in [-0.4, -0.2) is 60.4 Å². The van der Waals surface area contributed by atoms with Gasteiger partial charge in [0.05, 0.1) is 23.6 Å².